The number of nitrogens with zero attached hydrogens (tertiary/aromatic N) is 2. The van der Waals surface area contributed by atoms with Gasteiger partial charge < -0.3 is 15.1 Å². The van der Waals surface area contributed by atoms with Crippen LogP contribution in [-0.2, 0) is 4.79 Å². The van der Waals surface area contributed by atoms with Crippen LogP contribution >= 0.6 is 0 Å². The van der Waals surface area contributed by atoms with Crippen molar-refractivity contribution >= 4 is 5.91 Å². The molecule has 1 atom stereocenters. The van der Waals surface area contributed by atoms with Crippen molar-refractivity contribution in [2.24, 2.45) is 5.92 Å². The monoisotopic (exact) mass is 267 g/mol. The van der Waals surface area contributed by atoms with E-state index in [0.29, 0.717) is 5.91 Å². The third-order valence-corrected chi connectivity index (χ3v) is 4.62. The maximum Gasteiger partial charge on any atom is 0.242 e. The first-order valence-corrected chi connectivity index (χ1v) is 7.70. The van der Waals surface area contributed by atoms with Gasteiger partial charge in [-0.15, -0.1) is 0 Å². The van der Waals surface area contributed by atoms with Crippen LogP contribution in [0, 0.1) is 5.92 Å². The Morgan fingerprint density at radius 1 is 1.32 bits per heavy atom. The Balaban J connectivity index is 1.85. The summed E-state index contributed by atoms with van der Waals surface area (Å²) in [4.78, 5) is 17.0. The Morgan fingerprint density at radius 3 is 2.53 bits per heavy atom. The van der Waals surface area contributed by atoms with Gasteiger partial charge in [0.25, 0.3) is 0 Å². The van der Waals surface area contributed by atoms with E-state index in [9.17, 15) is 4.79 Å². The van der Waals surface area contributed by atoms with Gasteiger partial charge in [-0.3, -0.25) is 4.79 Å². The summed E-state index contributed by atoms with van der Waals surface area (Å²) in [5.74, 6) is 1.08. The fourth-order valence-corrected chi connectivity index (χ4v) is 3.42. The summed E-state index contributed by atoms with van der Waals surface area (Å²) < 4.78 is 0. The van der Waals surface area contributed by atoms with Gasteiger partial charge in [0, 0.05) is 19.6 Å². The molecule has 4 nitrogen and oxygen atoms in total. The van der Waals surface area contributed by atoms with E-state index < -0.39 is 0 Å². The smallest absolute Gasteiger partial charge is 0.242 e. The number of likely N-dealkylation sites (tertiary alicyclic amines) is 1. The first-order valence-electron chi connectivity index (χ1n) is 7.70. The minimum Gasteiger partial charge on any atom is -0.341 e. The van der Waals surface area contributed by atoms with Crippen LogP contribution in [0.25, 0.3) is 0 Å². The predicted molar refractivity (Wildman–Crippen MR) is 78.1 cm³/mol. The molecule has 0 aromatic heterocycles. The lowest BCUT2D eigenvalue weighted by molar-refractivity contribution is -0.140. The highest BCUT2D eigenvalue weighted by Crippen LogP contribution is 2.25. The molecule has 2 rings (SSSR count). The number of hydrogen-bond acceptors (Lipinski definition) is 3. The summed E-state index contributed by atoms with van der Waals surface area (Å²) in [6.07, 6.45) is 5.67. The van der Waals surface area contributed by atoms with Crippen molar-refractivity contribution in [2.45, 2.75) is 44.6 Å². The first kappa shape index (κ1) is 14.8. The lowest BCUT2D eigenvalue weighted by Gasteiger charge is -2.41. The van der Waals surface area contributed by atoms with Crippen LogP contribution in [0.1, 0.15) is 39.0 Å². The molecule has 2 saturated heterocycles. The van der Waals surface area contributed by atoms with Crippen molar-refractivity contribution in [2.75, 3.05) is 40.3 Å². The molecule has 2 aliphatic heterocycles. The zero-order chi connectivity index (χ0) is 13.9. The molecule has 2 fully saturated rings. The zero-order valence-corrected chi connectivity index (χ0v) is 12.7. The van der Waals surface area contributed by atoms with Gasteiger partial charge in [-0.05, 0) is 65.6 Å². The fraction of sp³-hybridized carbons (Fsp3) is 0.933. The third kappa shape index (κ3) is 3.69. The summed E-state index contributed by atoms with van der Waals surface area (Å²) in [7, 11) is 4.26. The number of nitrogens with one attached hydrogen (secondary N) is 1. The molecule has 0 spiro atoms. The molecule has 0 aromatic carbocycles. The zero-order valence-electron chi connectivity index (χ0n) is 12.7. The Labute approximate surface area is 117 Å². The summed E-state index contributed by atoms with van der Waals surface area (Å²) >= 11 is 0. The normalized spacial score (nSPS) is 29.8. The van der Waals surface area contributed by atoms with Crippen LogP contribution in [0.4, 0.5) is 0 Å². The van der Waals surface area contributed by atoms with Crippen LogP contribution in [0.5, 0.6) is 0 Å². The van der Waals surface area contributed by atoms with E-state index in [0.717, 1.165) is 51.4 Å². The second-order valence-electron chi connectivity index (χ2n) is 6.71. The molecule has 0 aliphatic carbocycles. The number of piperidine rings is 2. The Kier molecular flexibility index (Phi) is 4.85. The maximum absolute atomic E-state index is 12.7. The average molecular weight is 267 g/mol. The quantitative estimate of drug-likeness (QED) is 0.838. The highest BCUT2D eigenvalue weighted by Gasteiger charge is 2.38. The van der Waals surface area contributed by atoms with E-state index in [1.54, 1.807) is 0 Å². The standard InChI is InChI=1S/C15H29N3O/c1-15(8-4-5-9-16-15)14(19)18-10-6-13(7-11-18)12-17(2)3/h13,16H,4-12H2,1-3H3. The summed E-state index contributed by atoms with van der Waals surface area (Å²) in [6, 6.07) is 0. The van der Waals surface area contributed by atoms with E-state index in [1.165, 1.54) is 12.8 Å². The number of hydrogen-bond donors (Lipinski definition) is 1. The molecule has 1 N–H and O–H groups in total. The Bertz CT molecular complexity index is 303. The van der Waals surface area contributed by atoms with Crippen LogP contribution in [0.2, 0.25) is 0 Å². The van der Waals surface area contributed by atoms with Crippen molar-refractivity contribution < 1.29 is 4.79 Å². The fourth-order valence-electron chi connectivity index (χ4n) is 3.42. The summed E-state index contributed by atoms with van der Waals surface area (Å²) in [5, 5.41) is 3.44. The molecular formula is C15H29N3O. The van der Waals surface area contributed by atoms with E-state index >= 15 is 0 Å². The van der Waals surface area contributed by atoms with Gasteiger partial charge >= 0.3 is 0 Å². The first-order chi connectivity index (χ1) is 9.01. The van der Waals surface area contributed by atoms with Gasteiger partial charge in [-0.2, -0.15) is 0 Å². The second-order valence-corrected chi connectivity index (χ2v) is 6.71. The second kappa shape index (κ2) is 6.23. The maximum atomic E-state index is 12.7. The number of amides is 1. The molecule has 1 amide bonds. The molecule has 1 unspecified atom stereocenters. The minimum atomic E-state index is -0.299. The minimum absolute atomic E-state index is 0.299. The lowest BCUT2D eigenvalue weighted by Crippen LogP contribution is -2.59. The summed E-state index contributed by atoms with van der Waals surface area (Å²) in [5.41, 5.74) is -0.299. The molecule has 2 heterocycles. The van der Waals surface area contributed by atoms with Crippen LogP contribution in [0.3, 0.4) is 0 Å². The topological polar surface area (TPSA) is 35.6 Å². The van der Waals surface area contributed by atoms with Crippen LogP contribution < -0.4 is 5.32 Å². The molecule has 0 aromatic rings. The SMILES string of the molecule is CN(C)CC1CCN(C(=O)C2(C)CCCCN2)CC1. The van der Waals surface area contributed by atoms with Crippen LogP contribution in [-0.4, -0.2) is 61.5 Å². The highest BCUT2D eigenvalue weighted by molar-refractivity contribution is 5.86. The number of carbonyl (C=O) groups excluding carboxylic acids is 1. The Morgan fingerprint density at radius 2 is 2.00 bits per heavy atom. The summed E-state index contributed by atoms with van der Waals surface area (Å²) in [6.45, 7) is 6.10. The molecule has 0 saturated carbocycles. The van der Waals surface area contributed by atoms with Crippen molar-refractivity contribution in [3.63, 3.8) is 0 Å². The molecule has 0 bridgehead atoms. The van der Waals surface area contributed by atoms with Crippen molar-refractivity contribution in [3.8, 4) is 0 Å². The Hall–Kier alpha value is -0.610. The van der Waals surface area contributed by atoms with Gasteiger partial charge in [0.05, 0.1) is 5.54 Å². The lowest BCUT2D eigenvalue weighted by atomic mass is 9.88. The van der Waals surface area contributed by atoms with Gasteiger partial charge in [-0.25, -0.2) is 0 Å². The predicted octanol–water partition coefficient (Wildman–Crippen LogP) is 1.32. The van der Waals surface area contributed by atoms with Gasteiger partial charge in [0.2, 0.25) is 5.91 Å². The van der Waals surface area contributed by atoms with Crippen molar-refractivity contribution in [1.82, 2.24) is 15.1 Å². The van der Waals surface area contributed by atoms with Gasteiger partial charge in [-0.1, -0.05) is 0 Å². The molecule has 110 valence electrons. The number of rotatable bonds is 3. The molecule has 2 aliphatic rings. The van der Waals surface area contributed by atoms with Crippen molar-refractivity contribution in [1.29, 1.82) is 0 Å². The average Bonchev–Trinajstić information content (AvgIpc) is 2.39. The molecule has 19 heavy (non-hydrogen) atoms. The van der Waals surface area contributed by atoms with E-state index in [2.05, 4.69) is 36.1 Å². The molecular weight excluding hydrogens is 238 g/mol. The largest absolute Gasteiger partial charge is 0.341 e. The van der Waals surface area contributed by atoms with E-state index in [4.69, 9.17) is 0 Å². The molecule has 0 radical (unpaired) electrons. The third-order valence-electron chi connectivity index (χ3n) is 4.62. The van der Waals surface area contributed by atoms with Gasteiger partial charge in [0.15, 0.2) is 0 Å². The van der Waals surface area contributed by atoms with E-state index in [-0.39, 0.29) is 5.54 Å². The van der Waals surface area contributed by atoms with Crippen molar-refractivity contribution in [3.05, 3.63) is 0 Å². The molecule has 4 heteroatoms. The number of carbonyl (C=O) groups is 1. The van der Waals surface area contributed by atoms with Crippen LogP contribution in [0.15, 0.2) is 0 Å². The highest BCUT2D eigenvalue weighted by atomic mass is 16.2. The van der Waals surface area contributed by atoms with Gasteiger partial charge in [0.1, 0.15) is 0 Å². The van der Waals surface area contributed by atoms with E-state index in [1.807, 2.05) is 0 Å².